The number of aryl methyl sites for hydroxylation is 2. The van der Waals surface area contributed by atoms with Crippen molar-refractivity contribution in [2.24, 2.45) is 0 Å². The molecule has 0 aliphatic rings. The quantitative estimate of drug-likeness (QED) is 0.771. The molecule has 1 aromatic heterocycles. The number of fused-ring (bicyclic) bond motifs is 1. The minimum absolute atomic E-state index is 0.0809. The fourth-order valence-corrected chi connectivity index (χ4v) is 2.76. The minimum Gasteiger partial charge on any atom is -0.497 e. The zero-order chi connectivity index (χ0) is 16.4. The number of aromatic amines is 1. The van der Waals surface area contributed by atoms with Gasteiger partial charge in [0.05, 0.1) is 12.6 Å². The van der Waals surface area contributed by atoms with Crippen molar-refractivity contribution in [1.29, 1.82) is 0 Å². The van der Waals surface area contributed by atoms with E-state index in [0.29, 0.717) is 12.1 Å². The van der Waals surface area contributed by atoms with Crippen LogP contribution in [0.2, 0.25) is 0 Å². The van der Waals surface area contributed by atoms with Gasteiger partial charge in [-0.05, 0) is 60.7 Å². The van der Waals surface area contributed by atoms with Gasteiger partial charge in [-0.2, -0.15) is 0 Å². The molecule has 0 atom stereocenters. The van der Waals surface area contributed by atoms with E-state index in [4.69, 9.17) is 4.74 Å². The summed E-state index contributed by atoms with van der Waals surface area (Å²) in [6.07, 6.45) is 0. The molecule has 1 heterocycles. The molecule has 4 nitrogen and oxygen atoms in total. The summed E-state index contributed by atoms with van der Waals surface area (Å²) in [5, 5.41) is 4.31. The Morgan fingerprint density at radius 2 is 1.78 bits per heavy atom. The SMILES string of the molecule is COc1ccc2cc(CNc3cc(C)cc(C)c3)c(=O)[nH]c2c1. The molecule has 23 heavy (non-hydrogen) atoms. The Balaban J connectivity index is 1.88. The molecule has 4 heteroatoms. The summed E-state index contributed by atoms with van der Waals surface area (Å²) in [5.41, 5.74) is 4.84. The Hall–Kier alpha value is -2.75. The summed E-state index contributed by atoms with van der Waals surface area (Å²) in [6, 6.07) is 13.9. The van der Waals surface area contributed by atoms with Crippen LogP contribution in [0, 0.1) is 13.8 Å². The third kappa shape index (κ3) is 3.37. The number of hydrogen-bond acceptors (Lipinski definition) is 3. The molecule has 0 aliphatic heterocycles. The standard InChI is InChI=1S/C19H20N2O2/c1-12-6-13(2)8-16(7-12)20-11-15-9-14-4-5-17(23-3)10-18(14)21-19(15)22/h4-10,20H,11H2,1-3H3,(H,21,22). The third-order valence-electron chi connectivity index (χ3n) is 3.83. The van der Waals surface area contributed by atoms with Crippen molar-refractivity contribution in [2.75, 3.05) is 12.4 Å². The van der Waals surface area contributed by atoms with E-state index < -0.39 is 0 Å². The number of ether oxygens (including phenoxy) is 1. The van der Waals surface area contributed by atoms with Crippen LogP contribution in [0.15, 0.2) is 47.3 Å². The maximum atomic E-state index is 12.3. The van der Waals surface area contributed by atoms with Gasteiger partial charge in [0, 0.05) is 23.9 Å². The first-order chi connectivity index (χ1) is 11.0. The highest BCUT2D eigenvalue weighted by molar-refractivity contribution is 5.80. The summed E-state index contributed by atoms with van der Waals surface area (Å²) in [6.45, 7) is 4.61. The Labute approximate surface area is 135 Å². The van der Waals surface area contributed by atoms with Crippen LogP contribution >= 0.6 is 0 Å². The molecule has 0 bridgehead atoms. The number of hydrogen-bond donors (Lipinski definition) is 2. The van der Waals surface area contributed by atoms with E-state index in [-0.39, 0.29) is 5.56 Å². The van der Waals surface area contributed by atoms with Crippen molar-refractivity contribution in [3.63, 3.8) is 0 Å². The van der Waals surface area contributed by atoms with Crippen molar-refractivity contribution in [3.8, 4) is 5.75 Å². The molecule has 0 spiro atoms. The Morgan fingerprint density at radius 3 is 2.48 bits per heavy atom. The zero-order valence-electron chi connectivity index (χ0n) is 13.6. The lowest BCUT2D eigenvalue weighted by atomic mass is 10.1. The number of nitrogens with one attached hydrogen (secondary N) is 2. The van der Waals surface area contributed by atoms with Crippen molar-refractivity contribution < 1.29 is 4.74 Å². The molecule has 0 saturated carbocycles. The molecule has 0 unspecified atom stereocenters. The Kier molecular flexibility index (Phi) is 4.06. The van der Waals surface area contributed by atoms with Crippen LogP contribution in [0.4, 0.5) is 5.69 Å². The second kappa shape index (κ2) is 6.16. The van der Waals surface area contributed by atoms with Gasteiger partial charge in [-0.3, -0.25) is 4.79 Å². The number of rotatable bonds is 4. The smallest absolute Gasteiger partial charge is 0.253 e. The summed E-state index contributed by atoms with van der Waals surface area (Å²) in [5.74, 6) is 0.731. The van der Waals surface area contributed by atoms with Gasteiger partial charge in [0.2, 0.25) is 0 Å². The molecular weight excluding hydrogens is 288 g/mol. The number of H-pyrrole nitrogens is 1. The zero-order valence-corrected chi connectivity index (χ0v) is 13.6. The van der Waals surface area contributed by atoms with Gasteiger partial charge in [-0.1, -0.05) is 6.07 Å². The summed E-state index contributed by atoms with van der Waals surface area (Å²) in [7, 11) is 1.61. The third-order valence-corrected chi connectivity index (χ3v) is 3.83. The van der Waals surface area contributed by atoms with E-state index in [1.54, 1.807) is 7.11 Å². The molecule has 3 aromatic rings. The summed E-state index contributed by atoms with van der Waals surface area (Å²) in [4.78, 5) is 15.2. The van der Waals surface area contributed by atoms with Crippen molar-refractivity contribution in [3.05, 3.63) is 69.5 Å². The van der Waals surface area contributed by atoms with Crippen LogP contribution in [-0.2, 0) is 6.54 Å². The lowest BCUT2D eigenvalue weighted by Gasteiger charge is -2.09. The van der Waals surface area contributed by atoms with Gasteiger partial charge < -0.3 is 15.0 Å². The predicted molar refractivity (Wildman–Crippen MR) is 94.4 cm³/mol. The van der Waals surface area contributed by atoms with E-state index in [2.05, 4.69) is 42.3 Å². The highest BCUT2D eigenvalue weighted by Crippen LogP contribution is 2.19. The number of methoxy groups -OCH3 is 1. The molecule has 2 aromatic carbocycles. The van der Waals surface area contributed by atoms with Crippen molar-refractivity contribution >= 4 is 16.6 Å². The number of aromatic nitrogens is 1. The van der Waals surface area contributed by atoms with E-state index in [0.717, 1.165) is 22.3 Å². The van der Waals surface area contributed by atoms with Crippen LogP contribution in [0.25, 0.3) is 10.9 Å². The van der Waals surface area contributed by atoms with Gasteiger partial charge in [-0.25, -0.2) is 0 Å². The van der Waals surface area contributed by atoms with Gasteiger partial charge >= 0.3 is 0 Å². The van der Waals surface area contributed by atoms with Crippen LogP contribution in [0.3, 0.4) is 0 Å². The maximum absolute atomic E-state index is 12.3. The van der Waals surface area contributed by atoms with Crippen LogP contribution in [0.1, 0.15) is 16.7 Å². The van der Waals surface area contributed by atoms with Crippen molar-refractivity contribution in [1.82, 2.24) is 4.98 Å². The second-order valence-electron chi connectivity index (χ2n) is 5.81. The topological polar surface area (TPSA) is 54.1 Å². The first kappa shape index (κ1) is 15.2. The maximum Gasteiger partial charge on any atom is 0.253 e. The number of pyridine rings is 1. The highest BCUT2D eigenvalue weighted by Gasteiger charge is 2.05. The van der Waals surface area contributed by atoms with Gasteiger partial charge in [-0.15, -0.1) is 0 Å². The van der Waals surface area contributed by atoms with Gasteiger partial charge in [0.1, 0.15) is 5.75 Å². The Bertz CT molecular complexity index is 893. The predicted octanol–water partition coefficient (Wildman–Crippen LogP) is 3.77. The normalized spacial score (nSPS) is 10.7. The van der Waals surface area contributed by atoms with Gasteiger partial charge in [0.15, 0.2) is 0 Å². The van der Waals surface area contributed by atoms with Crippen LogP contribution < -0.4 is 15.6 Å². The number of benzene rings is 2. The molecule has 0 amide bonds. The van der Waals surface area contributed by atoms with E-state index >= 15 is 0 Å². The summed E-state index contributed by atoms with van der Waals surface area (Å²) >= 11 is 0. The molecule has 0 aliphatic carbocycles. The van der Waals surface area contributed by atoms with E-state index in [1.165, 1.54) is 11.1 Å². The van der Waals surface area contributed by atoms with Crippen LogP contribution in [-0.4, -0.2) is 12.1 Å². The Morgan fingerprint density at radius 1 is 1.04 bits per heavy atom. The molecule has 3 rings (SSSR count). The lowest BCUT2D eigenvalue weighted by molar-refractivity contribution is 0.415. The molecule has 2 N–H and O–H groups in total. The van der Waals surface area contributed by atoms with Crippen molar-refractivity contribution in [2.45, 2.75) is 20.4 Å². The van der Waals surface area contributed by atoms with Crippen LogP contribution in [0.5, 0.6) is 5.75 Å². The molecular formula is C19H20N2O2. The average molecular weight is 308 g/mol. The molecule has 0 fully saturated rings. The molecule has 0 saturated heterocycles. The summed E-state index contributed by atoms with van der Waals surface area (Å²) < 4.78 is 5.19. The highest BCUT2D eigenvalue weighted by atomic mass is 16.5. The monoisotopic (exact) mass is 308 g/mol. The first-order valence-corrected chi connectivity index (χ1v) is 7.57. The van der Waals surface area contributed by atoms with E-state index in [9.17, 15) is 4.79 Å². The number of anilines is 1. The minimum atomic E-state index is -0.0809. The second-order valence-corrected chi connectivity index (χ2v) is 5.81. The molecule has 118 valence electrons. The molecule has 0 radical (unpaired) electrons. The lowest BCUT2D eigenvalue weighted by Crippen LogP contribution is -2.15. The van der Waals surface area contributed by atoms with Gasteiger partial charge in [0.25, 0.3) is 5.56 Å². The average Bonchev–Trinajstić information content (AvgIpc) is 2.51. The fraction of sp³-hybridized carbons (Fsp3) is 0.211. The fourth-order valence-electron chi connectivity index (χ4n) is 2.76. The first-order valence-electron chi connectivity index (χ1n) is 7.57. The van der Waals surface area contributed by atoms with E-state index in [1.807, 2.05) is 24.3 Å². The largest absolute Gasteiger partial charge is 0.497 e.